The molecule has 5 nitrogen and oxygen atoms in total. The van der Waals surface area contributed by atoms with Gasteiger partial charge in [0.05, 0.1) is 7.11 Å². The van der Waals surface area contributed by atoms with Crippen molar-refractivity contribution in [2.24, 2.45) is 0 Å². The highest BCUT2D eigenvalue weighted by molar-refractivity contribution is 9.10. The summed E-state index contributed by atoms with van der Waals surface area (Å²) in [5.74, 6) is 0.437. The Kier molecular flexibility index (Phi) is 4.86. The molecule has 1 aromatic carbocycles. The van der Waals surface area contributed by atoms with Crippen molar-refractivity contribution in [3.05, 3.63) is 39.3 Å². The molecule has 20 heavy (non-hydrogen) atoms. The lowest BCUT2D eigenvalue weighted by Crippen LogP contribution is -2.07. The first-order chi connectivity index (χ1) is 9.58. The highest BCUT2D eigenvalue weighted by Crippen LogP contribution is 2.24. The van der Waals surface area contributed by atoms with Gasteiger partial charge in [-0.2, -0.15) is 0 Å². The maximum Gasteiger partial charge on any atom is 0.250 e. The number of halogens is 1. The molecule has 1 N–H and O–H groups in total. The van der Waals surface area contributed by atoms with Gasteiger partial charge in [-0.1, -0.05) is 27.3 Å². The molecule has 0 radical (unpaired) electrons. The van der Waals surface area contributed by atoms with Crippen molar-refractivity contribution in [2.75, 3.05) is 12.4 Å². The van der Waals surface area contributed by atoms with E-state index < -0.39 is 0 Å². The van der Waals surface area contributed by atoms with Crippen molar-refractivity contribution in [1.29, 1.82) is 0 Å². The fraction of sp³-hybridized carbons (Fsp3) is 0.154. The van der Waals surface area contributed by atoms with Crippen LogP contribution in [0.15, 0.2) is 28.7 Å². The van der Waals surface area contributed by atoms with Crippen molar-refractivity contribution in [1.82, 2.24) is 10.2 Å². The van der Waals surface area contributed by atoms with Gasteiger partial charge in [0.25, 0.3) is 0 Å². The molecule has 0 saturated carbocycles. The summed E-state index contributed by atoms with van der Waals surface area (Å²) in [6.45, 7) is 1.83. The van der Waals surface area contributed by atoms with Crippen LogP contribution in [0.4, 0.5) is 5.13 Å². The fourth-order valence-electron chi connectivity index (χ4n) is 1.50. The van der Waals surface area contributed by atoms with E-state index in [1.165, 1.54) is 17.4 Å². The number of rotatable bonds is 4. The number of benzene rings is 1. The average Bonchev–Trinajstić information content (AvgIpc) is 2.82. The van der Waals surface area contributed by atoms with Gasteiger partial charge in [-0.15, -0.1) is 10.2 Å². The molecule has 0 spiro atoms. The van der Waals surface area contributed by atoms with Crippen LogP contribution in [-0.2, 0) is 4.79 Å². The average molecular weight is 354 g/mol. The zero-order valence-corrected chi connectivity index (χ0v) is 13.3. The number of hydrogen-bond donors (Lipinski definition) is 1. The Hall–Kier alpha value is -1.73. The SMILES string of the molecule is COc1ccc(Br)cc1/C=C/C(=O)Nc1nnc(C)s1. The van der Waals surface area contributed by atoms with Gasteiger partial charge in [0.15, 0.2) is 0 Å². The number of nitrogens with one attached hydrogen (secondary N) is 1. The number of hydrogen-bond acceptors (Lipinski definition) is 5. The van der Waals surface area contributed by atoms with Gasteiger partial charge in [0.1, 0.15) is 10.8 Å². The van der Waals surface area contributed by atoms with Crippen LogP contribution in [0.2, 0.25) is 0 Å². The van der Waals surface area contributed by atoms with Crippen LogP contribution in [0.5, 0.6) is 5.75 Å². The summed E-state index contributed by atoms with van der Waals surface area (Å²) in [5.41, 5.74) is 0.811. The number of carbonyl (C=O) groups excluding carboxylic acids is 1. The molecule has 0 aliphatic carbocycles. The summed E-state index contributed by atoms with van der Waals surface area (Å²) in [6, 6.07) is 5.58. The van der Waals surface area contributed by atoms with Crippen LogP contribution in [0, 0.1) is 6.92 Å². The van der Waals surface area contributed by atoms with Gasteiger partial charge >= 0.3 is 0 Å². The van der Waals surface area contributed by atoms with Crippen LogP contribution >= 0.6 is 27.3 Å². The van der Waals surface area contributed by atoms with Gasteiger partial charge in [-0.05, 0) is 31.2 Å². The van der Waals surface area contributed by atoms with E-state index in [2.05, 4.69) is 31.4 Å². The van der Waals surface area contributed by atoms with Crippen molar-refractivity contribution in [2.45, 2.75) is 6.92 Å². The summed E-state index contributed by atoms with van der Waals surface area (Å²) in [6.07, 6.45) is 3.12. The number of anilines is 1. The van der Waals surface area contributed by atoms with E-state index in [4.69, 9.17) is 4.74 Å². The minimum absolute atomic E-state index is 0.261. The summed E-state index contributed by atoms with van der Waals surface area (Å²) >= 11 is 4.71. The van der Waals surface area contributed by atoms with Gasteiger partial charge in [0.2, 0.25) is 11.0 Å². The third-order valence-corrected chi connectivity index (χ3v) is 3.61. The van der Waals surface area contributed by atoms with Crippen molar-refractivity contribution >= 4 is 44.4 Å². The maximum absolute atomic E-state index is 11.8. The summed E-state index contributed by atoms with van der Waals surface area (Å²) in [7, 11) is 1.59. The van der Waals surface area contributed by atoms with Crippen molar-refractivity contribution in [3.63, 3.8) is 0 Å². The van der Waals surface area contributed by atoms with E-state index >= 15 is 0 Å². The number of methoxy groups -OCH3 is 1. The lowest BCUT2D eigenvalue weighted by Gasteiger charge is -2.04. The Morgan fingerprint density at radius 3 is 2.90 bits per heavy atom. The second-order valence-corrected chi connectivity index (χ2v) is 5.93. The minimum Gasteiger partial charge on any atom is -0.496 e. The molecule has 0 bridgehead atoms. The number of aromatic nitrogens is 2. The summed E-state index contributed by atoms with van der Waals surface area (Å²) < 4.78 is 6.15. The molecule has 2 rings (SSSR count). The standard InChI is InChI=1S/C13H12BrN3O2S/c1-8-16-17-13(20-8)15-12(18)6-3-9-7-10(14)4-5-11(9)19-2/h3-7H,1-2H3,(H,15,17,18)/b6-3+. The molecule has 2 aromatic rings. The molecular formula is C13H12BrN3O2S. The van der Waals surface area contributed by atoms with Gasteiger partial charge in [0, 0.05) is 16.1 Å². The Morgan fingerprint density at radius 2 is 2.25 bits per heavy atom. The Balaban J connectivity index is 2.09. The molecule has 0 aliphatic heterocycles. The lowest BCUT2D eigenvalue weighted by molar-refractivity contribution is -0.111. The monoisotopic (exact) mass is 353 g/mol. The van der Waals surface area contributed by atoms with Gasteiger partial charge < -0.3 is 4.74 Å². The van der Waals surface area contributed by atoms with E-state index in [0.29, 0.717) is 10.9 Å². The normalized spacial score (nSPS) is 10.8. The van der Waals surface area contributed by atoms with E-state index in [9.17, 15) is 4.79 Å². The fourth-order valence-corrected chi connectivity index (χ4v) is 2.47. The third kappa shape index (κ3) is 3.88. The number of aryl methyl sites for hydroxylation is 1. The third-order valence-electron chi connectivity index (χ3n) is 2.36. The molecule has 1 amide bonds. The molecule has 1 heterocycles. The van der Waals surface area contributed by atoms with Crippen LogP contribution in [-0.4, -0.2) is 23.2 Å². The molecule has 0 aliphatic rings. The van der Waals surface area contributed by atoms with Gasteiger partial charge in [-0.25, -0.2) is 0 Å². The van der Waals surface area contributed by atoms with E-state index in [-0.39, 0.29) is 5.91 Å². The molecule has 0 atom stereocenters. The Labute approximate surface area is 128 Å². The molecule has 0 fully saturated rings. The summed E-state index contributed by atoms with van der Waals surface area (Å²) in [5, 5.41) is 11.6. The smallest absolute Gasteiger partial charge is 0.250 e. The predicted octanol–water partition coefficient (Wildman–Crippen LogP) is 3.27. The van der Waals surface area contributed by atoms with Gasteiger partial charge in [-0.3, -0.25) is 10.1 Å². The highest BCUT2D eigenvalue weighted by atomic mass is 79.9. The van der Waals surface area contributed by atoms with Crippen LogP contribution in [0.1, 0.15) is 10.6 Å². The first-order valence-corrected chi connectivity index (χ1v) is 7.32. The Morgan fingerprint density at radius 1 is 1.45 bits per heavy atom. The number of ether oxygens (including phenoxy) is 1. The molecule has 0 unspecified atom stereocenters. The topological polar surface area (TPSA) is 64.1 Å². The second kappa shape index (κ2) is 6.62. The lowest BCUT2D eigenvalue weighted by atomic mass is 10.2. The van der Waals surface area contributed by atoms with E-state index in [1.807, 2.05) is 25.1 Å². The zero-order chi connectivity index (χ0) is 14.5. The summed E-state index contributed by atoms with van der Waals surface area (Å²) in [4.78, 5) is 11.8. The molecule has 104 valence electrons. The quantitative estimate of drug-likeness (QED) is 0.856. The predicted molar refractivity (Wildman–Crippen MR) is 83.0 cm³/mol. The largest absolute Gasteiger partial charge is 0.496 e. The number of nitrogens with zero attached hydrogens (tertiary/aromatic N) is 2. The second-order valence-electron chi connectivity index (χ2n) is 3.84. The van der Waals surface area contributed by atoms with Crippen LogP contribution in [0.25, 0.3) is 6.08 Å². The first-order valence-electron chi connectivity index (χ1n) is 5.71. The highest BCUT2D eigenvalue weighted by Gasteiger charge is 2.04. The number of carbonyl (C=O) groups is 1. The van der Waals surface area contributed by atoms with Crippen molar-refractivity contribution < 1.29 is 9.53 Å². The number of amides is 1. The van der Waals surface area contributed by atoms with E-state index in [1.54, 1.807) is 13.2 Å². The molecule has 1 aromatic heterocycles. The minimum atomic E-state index is -0.261. The molecular weight excluding hydrogens is 342 g/mol. The maximum atomic E-state index is 11.8. The van der Waals surface area contributed by atoms with Crippen LogP contribution < -0.4 is 10.1 Å². The molecule has 0 saturated heterocycles. The zero-order valence-electron chi connectivity index (χ0n) is 10.9. The van der Waals surface area contributed by atoms with Crippen LogP contribution in [0.3, 0.4) is 0 Å². The van der Waals surface area contributed by atoms with Crippen molar-refractivity contribution in [3.8, 4) is 5.75 Å². The Bertz CT molecular complexity index is 655. The van der Waals surface area contributed by atoms with E-state index in [0.717, 1.165) is 15.0 Å². The first kappa shape index (κ1) is 14.7. The molecule has 7 heteroatoms.